The number of carbonyl (C=O) groups excluding carboxylic acids is 1. The molecule has 120 valence electrons. The van der Waals surface area contributed by atoms with Gasteiger partial charge in [-0.25, -0.2) is 0 Å². The molecule has 8 heteroatoms. The lowest BCUT2D eigenvalue weighted by molar-refractivity contribution is 0.0941. The summed E-state index contributed by atoms with van der Waals surface area (Å²) in [4.78, 5) is 37.9. The number of aromatic nitrogens is 2. The maximum atomic E-state index is 12.0. The van der Waals surface area contributed by atoms with Crippen LogP contribution in [-0.2, 0) is 6.54 Å². The first kappa shape index (κ1) is 17.9. The van der Waals surface area contributed by atoms with E-state index < -0.39 is 11.1 Å². The molecule has 2 aromatic rings. The third-order valence-corrected chi connectivity index (χ3v) is 3.28. The number of hydrogen-bond donors (Lipinski definition) is 3. The first-order valence-corrected chi connectivity index (χ1v) is 6.75. The highest BCUT2D eigenvalue weighted by Crippen LogP contribution is 2.11. The average Bonchev–Trinajstić information content (AvgIpc) is 2.48. The number of carbonyl (C=O) groups is 1. The summed E-state index contributed by atoms with van der Waals surface area (Å²) in [5.74, 6) is -0.273. The SMILES string of the molecule is CCn1c(=O)c(=O)[nH]c2cc(C(=O)N[C@@H](C)CN)ccc21.Cl. The van der Waals surface area contributed by atoms with Crippen LogP contribution in [0.4, 0.5) is 0 Å². The van der Waals surface area contributed by atoms with Crippen molar-refractivity contribution in [3.05, 3.63) is 44.5 Å². The Bertz CT molecular complexity index is 797. The summed E-state index contributed by atoms with van der Waals surface area (Å²) in [6.45, 7) is 4.31. The maximum Gasteiger partial charge on any atom is 0.316 e. The Kier molecular flexibility index (Phi) is 5.90. The maximum absolute atomic E-state index is 12.0. The molecular formula is C14H19ClN4O3. The van der Waals surface area contributed by atoms with Crippen molar-refractivity contribution in [2.75, 3.05) is 6.54 Å². The molecule has 0 bridgehead atoms. The van der Waals surface area contributed by atoms with Crippen molar-refractivity contribution in [2.45, 2.75) is 26.4 Å². The van der Waals surface area contributed by atoms with Gasteiger partial charge in [-0.3, -0.25) is 14.4 Å². The Morgan fingerprint density at radius 1 is 1.41 bits per heavy atom. The fourth-order valence-corrected chi connectivity index (χ4v) is 2.10. The highest BCUT2D eigenvalue weighted by atomic mass is 35.5. The smallest absolute Gasteiger partial charge is 0.316 e. The zero-order valence-corrected chi connectivity index (χ0v) is 13.2. The van der Waals surface area contributed by atoms with Gasteiger partial charge in [-0.15, -0.1) is 12.4 Å². The third-order valence-electron chi connectivity index (χ3n) is 3.28. The number of halogens is 1. The van der Waals surface area contributed by atoms with E-state index in [-0.39, 0.29) is 24.4 Å². The van der Waals surface area contributed by atoms with Crippen LogP contribution in [-0.4, -0.2) is 28.0 Å². The van der Waals surface area contributed by atoms with Crippen LogP contribution >= 0.6 is 12.4 Å². The Hall–Kier alpha value is -2.12. The van der Waals surface area contributed by atoms with Gasteiger partial charge in [-0.05, 0) is 32.0 Å². The van der Waals surface area contributed by atoms with Crippen LogP contribution in [0.25, 0.3) is 11.0 Å². The highest BCUT2D eigenvalue weighted by molar-refractivity contribution is 5.97. The molecule has 0 saturated carbocycles. The van der Waals surface area contributed by atoms with Gasteiger partial charge in [0.15, 0.2) is 0 Å². The van der Waals surface area contributed by atoms with Crippen molar-refractivity contribution in [2.24, 2.45) is 5.73 Å². The van der Waals surface area contributed by atoms with E-state index in [0.29, 0.717) is 29.7 Å². The molecule has 0 aliphatic heterocycles. The molecule has 1 amide bonds. The number of aryl methyl sites for hydroxylation is 1. The van der Waals surface area contributed by atoms with E-state index in [1.54, 1.807) is 32.0 Å². The number of rotatable bonds is 4. The monoisotopic (exact) mass is 326 g/mol. The number of amides is 1. The van der Waals surface area contributed by atoms with Crippen molar-refractivity contribution in [1.82, 2.24) is 14.9 Å². The Labute approximate surface area is 132 Å². The average molecular weight is 327 g/mol. The van der Waals surface area contributed by atoms with Gasteiger partial charge in [0.25, 0.3) is 5.91 Å². The fourth-order valence-electron chi connectivity index (χ4n) is 2.10. The topological polar surface area (TPSA) is 110 Å². The summed E-state index contributed by atoms with van der Waals surface area (Å²) in [5.41, 5.74) is 5.61. The largest absolute Gasteiger partial charge is 0.348 e. The summed E-state index contributed by atoms with van der Waals surface area (Å²) in [5, 5.41) is 2.74. The minimum atomic E-state index is -0.697. The first-order valence-electron chi connectivity index (χ1n) is 6.75. The predicted octanol–water partition coefficient (Wildman–Crippen LogP) is 0.209. The number of benzene rings is 1. The van der Waals surface area contributed by atoms with Crippen LogP contribution in [0, 0.1) is 0 Å². The molecule has 0 aliphatic carbocycles. The van der Waals surface area contributed by atoms with E-state index in [9.17, 15) is 14.4 Å². The van der Waals surface area contributed by atoms with E-state index in [0.717, 1.165) is 0 Å². The van der Waals surface area contributed by atoms with Gasteiger partial charge in [0.1, 0.15) is 0 Å². The molecule has 0 spiro atoms. The van der Waals surface area contributed by atoms with Crippen LogP contribution in [0.15, 0.2) is 27.8 Å². The molecule has 0 unspecified atom stereocenters. The van der Waals surface area contributed by atoms with Crippen LogP contribution < -0.4 is 22.2 Å². The second-order valence-electron chi connectivity index (χ2n) is 4.85. The fraction of sp³-hybridized carbons (Fsp3) is 0.357. The normalized spacial score (nSPS) is 11.8. The van der Waals surface area contributed by atoms with Crippen molar-refractivity contribution in [3.8, 4) is 0 Å². The van der Waals surface area contributed by atoms with Crippen molar-refractivity contribution in [1.29, 1.82) is 0 Å². The van der Waals surface area contributed by atoms with E-state index in [1.165, 1.54) is 4.57 Å². The number of fused-ring (bicyclic) bond motifs is 1. The van der Waals surface area contributed by atoms with Crippen molar-refractivity contribution < 1.29 is 4.79 Å². The molecular weight excluding hydrogens is 308 g/mol. The van der Waals surface area contributed by atoms with E-state index >= 15 is 0 Å². The molecule has 1 atom stereocenters. The molecule has 1 aromatic carbocycles. The zero-order valence-electron chi connectivity index (χ0n) is 12.4. The first-order chi connectivity index (χ1) is 9.97. The summed E-state index contributed by atoms with van der Waals surface area (Å²) < 4.78 is 1.37. The number of nitrogens with two attached hydrogens (primary N) is 1. The van der Waals surface area contributed by atoms with E-state index in [2.05, 4.69) is 10.3 Å². The van der Waals surface area contributed by atoms with Crippen molar-refractivity contribution in [3.63, 3.8) is 0 Å². The minimum Gasteiger partial charge on any atom is -0.348 e. The van der Waals surface area contributed by atoms with E-state index in [1.807, 2.05) is 0 Å². The molecule has 0 aliphatic rings. The van der Waals surface area contributed by atoms with Crippen LogP contribution in [0.5, 0.6) is 0 Å². The van der Waals surface area contributed by atoms with Gasteiger partial charge in [-0.1, -0.05) is 0 Å². The van der Waals surface area contributed by atoms with E-state index in [4.69, 9.17) is 5.73 Å². The Morgan fingerprint density at radius 2 is 2.09 bits per heavy atom. The third kappa shape index (κ3) is 3.37. The number of nitrogens with zero attached hydrogens (tertiary/aromatic N) is 1. The predicted molar refractivity (Wildman–Crippen MR) is 87.7 cm³/mol. The number of nitrogens with one attached hydrogen (secondary N) is 2. The Balaban J connectivity index is 0.00000242. The van der Waals surface area contributed by atoms with Crippen LogP contribution in [0.2, 0.25) is 0 Å². The number of aromatic amines is 1. The number of hydrogen-bond acceptors (Lipinski definition) is 4. The van der Waals surface area contributed by atoms with Gasteiger partial charge in [0.05, 0.1) is 11.0 Å². The second-order valence-corrected chi connectivity index (χ2v) is 4.85. The van der Waals surface area contributed by atoms with Gasteiger partial charge < -0.3 is 20.6 Å². The molecule has 2 rings (SSSR count). The standard InChI is InChI=1S/C14H18N4O3.ClH/c1-3-18-11-5-4-9(12(19)16-8(2)7-15)6-10(11)17-13(20)14(18)21;/h4-6,8H,3,7,15H2,1-2H3,(H,16,19)(H,17,20);1H/t8-;/m0./s1. The van der Waals surface area contributed by atoms with Crippen LogP contribution in [0.1, 0.15) is 24.2 Å². The highest BCUT2D eigenvalue weighted by Gasteiger charge is 2.12. The van der Waals surface area contributed by atoms with Gasteiger partial charge in [-0.2, -0.15) is 0 Å². The summed E-state index contributed by atoms with van der Waals surface area (Å²) in [6, 6.07) is 4.68. The lowest BCUT2D eigenvalue weighted by Gasteiger charge is -2.12. The molecule has 4 N–H and O–H groups in total. The lowest BCUT2D eigenvalue weighted by atomic mass is 10.1. The molecule has 0 saturated heterocycles. The minimum absolute atomic E-state index is 0. The molecule has 0 radical (unpaired) electrons. The van der Waals surface area contributed by atoms with Gasteiger partial charge in [0, 0.05) is 24.7 Å². The summed E-state index contributed by atoms with van der Waals surface area (Å²) >= 11 is 0. The molecule has 22 heavy (non-hydrogen) atoms. The Morgan fingerprint density at radius 3 is 2.68 bits per heavy atom. The number of H-pyrrole nitrogens is 1. The molecule has 1 aromatic heterocycles. The molecule has 1 heterocycles. The van der Waals surface area contributed by atoms with Gasteiger partial charge >= 0.3 is 11.1 Å². The second kappa shape index (κ2) is 7.24. The molecule has 0 fully saturated rings. The summed E-state index contributed by atoms with van der Waals surface area (Å²) in [6.07, 6.45) is 0. The van der Waals surface area contributed by atoms with Crippen molar-refractivity contribution >= 4 is 29.3 Å². The van der Waals surface area contributed by atoms with Gasteiger partial charge in [0.2, 0.25) is 0 Å². The van der Waals surface area contributed by atoms with Crippen LogP contribution in [0.3, 0.4) is 0 Å². The molecule has 7 nitrogen and oxygen atoms in total. The zero-order chi connectivity index (χ0) is 15.6. The lowest BCUT2D eigenvalue weighted by Crippen LogP contribution is -2.38. The summed E-state index contributed by atoms with van der Waals surface area (Å²) in [7, 11) is 0. The quantitative estimate of drug-likeness (QED) is 0.697.